The Morgan fingerprint density at radius 1 is 1.06 bits per heavy atom. The van der Waals surface area contributed by atoms with E-state index in [2.05, 4.69) is 0 Å². The summed E-state index contributed by atoms with van der Waals surface area (Å²) in [6.07, 6.45) is 0. The van der Waals surface area contributed by atoms with Gasteiger partial charge in [0.15, 0.2) is 22.9 Å². The maximum atomic E-state index is 14.1. The van der Waals surface area contributed by atoms with Gasteiger partial charge in [-0.1, -0.05) is 29.8 Å². The minimum Gasteiger partial charge on any atom is -0.503 e. The van der Waals surface area contributed by atoms with Crippen molar-refractivity contribution < 1.29 is 33.0 Å². The number of carbonyl (C=O) groups excluding carboxylic acids is 2. The fraction of sp³-hybridized carbons (Fsp3) is 0.111. The van der Waals surface area contributed by atoms with Crippen LogP contribution in [0.5, 0.6) is 11.5 Å². The van der Waals surface area contributed by atoms with Crippen LogP contribution >= 0.6 is 11.6 Å². The second-order valence-electron chi connectivity index (χ2n) is 8.06. The largest absolute Gasteiger partial charge is 0.503 e. The van der Waals surface area contributed by atoms with E-state index in [1.807, 2.05) is 0 Å². The molecule has 0 spiro atoms. The molecule has 1 aromatic heterocycles. The summed E-state index contributed by atoms with van der Waals surface area (Å²) in [4.78, 5) is 28.2. The first-order chi connectivity index (χ1) is 17.3. The fourth-order valence-corrected chi connectivity index (χ4v) is 4.53. The van der Waals surface area contributed by atoms with E-state index in [9.17, 15) is 19.1 Å². The molecule has 3 aromatic carbocycles. The van der Waals surface area contributed by atoms with Gasteiger partial charge in [-0.25, -0.2) is 4.39 Å². The number of fused-ring (bicyclic) bond motifs is 1. The maximum absolute atomic E-state index is 14.1. The standard InChI is InChI=1S/C27H19ClFNO6/c1-34-19-8-6-14(7-9-19)23-22(25(32)27(33)30(23)18-5-3-4-17(29)13-18)24(31)20-11-15-10-16(28)12-21(35-2)26(15)36-20/h3-13,23,32H,1-2H3. The minimum atomic E-state index is -1.06. The smallest absolute Gasteiger partial charge is 0.294 e. The van der Waals surface area contributed by atoms with E-state index in [1.54, 1.807) is 36.4 Å². The van der Waals surface area contributed by atoms with Crippen molar-refractivity contribution in [1.29, 1.82) is 0 Å². The van der Waals surface area contributed by atoms with E-state index in [0.29, 0.717) is 27.5 Å². The topological polar surface area (TPSA) is 89.2 Å². The Kier molecular flexibility index (Phi) is 5.89. The third-order valence-electron chi connectivity index (χ3n) is 5.96. The summed E-state index contributed by atoms with van der Waals surface area (Å²) >= 11 is 6.14. The first-order valence-corrected chi connectivity index (χ1v) is 11.2. The van der Waals surface area contributed by atoms with Crippen molar-refractivity contribution in [3.05, 3.63) is 100 Å². The molecule has 2 heterocycles. The number of ether oxygens (including phenoxy) is 2. The van der Waals surface area contributed by atoms with Crippen LogP contribution in [0.1, 0.15) is 22.2 Å². The van der Waals surface area contributed by atoms with Crippen LogP contribution in [-0.4, -0.2) is 31.0 Å². The Hall–Kier alpha value is -4.30. The zero-order chi connectivity index (χ0) is 25.6. The first-order valence-electron chi connectivity index (χ1n) is 10.8. The fourth-order valence-electron chi connectivity index (χ4n) is 4.31. The molecule has 1 aliphatic rings. The Labute approximate surface area is 209 Å². The quantitative estimate of drug-likeness (QED) is 0.321. The molecule has 36 heavy (non-hydrogen) atoms. The third-order valence-corrected chi connectivity index (χ3v) is 6.18. The molecule has 1 aliphatic heterocycles. The number of ketones is 1. The average molecular weight is 508 g/mol. The molecular formula is C27H19ClFNO6. The van der Waals surface area contributed by atoms with Crippen molar-refractivity contribution in [2.24, 2.45) is 0 Å². The molecule has 1 N–H and O–H groups in total. The summed E-state index contributed by atoms with van der Waals surface area (Å²) in [7, 11) is 2.95. The van der Waals surface area contributed by atoms with Gasteiger partial charge < -0.3 is 19.0 Å². The molecule has 1 amide bonds. The lowest BCUT2D eigenvalue weighted by Gasteiger charge is -2.27. The molecular weight excluding hydrogens is 489 g/mol. The number of halogens is 2. The van der Waals surface area contributed by atoms with Gasteiger partial charge in [-0.3, -0.25) is 14.5 Å². The highest BCUT2D eigenvalue weighted by molar-refractivity contribution is 6.31. The molecule has 0 bridgehead atoms. The van der Waals surface area contributed by atoms with Gasteiger partial charge >= 0.3 is 0 Å². The Morgan fingerprint density at radius 3 is 2.47 bits per heavy atom. The van der Waals surface area contributed by atoms with Gasteiger partial charge in [-0.15, -0.1) is 0 Å². The zero-order valence-electron chi connectivity index (χ0n) is 19.1. The number of benzene rings is 3. The summed E-state index contributed by atoms with van der Waals surface area (Å²) in [5, 5.41) is 11.8. The SMILES string of the molecule is COc1ccc(C2C(C(=O)c3cc4cc(Cl)cc(OC)c4o3)=C(O)C(=O)N2c2cccc(F)c2)cc1. The monoisotopic (exact) mass is 507 g/mol. The molecule has 1 unspecified atom stereocenters. The Balaban J connectivity index is 1.66. The van der Waals surface area contributed by atoms with Crippen LogP contribution in [0.2, 0.25) is 5.02 Å². The number of rotatable bonds is 6. The van der Waals surface area contributed by atoms with Crippen molar-refractivity contribution in [3.63, 3.8) is 0 Å². The number of furan rings is 1. The van der Waals surface area contributed by atoms with Crippen LogP contribution in [0, 0.1) is 5.82 Å². The number of hydrogen-bond donors (Lipinski definition) is 1. The lowest BCUT2D eigenvalue weighted by atomic mass is 9.94. The van der Waals surface area contributed by atoms with E-state index >= 15 is 0 Å². The molecule has 0 radical (unpaired) electrons. The van der Waals surface area contributed by atoms with Gasteiger partial charge in [-0.05, 0) is 48.0 Å². The van der Waals surface area contributed by atoms with Crippen molar-refractivity contribution >= 4 is 39.9 Å². The van der Waals surface area contributed by atoms with Crippen LogP contribution in [0.3, 0.4) is 0 Å². The molecule has 7 nitrogen and oxygen atoms in total. The predicted octanol–water partition coefficient (Wildman–Crippen LogP) is 6.03. The van der Waals surface area contributed by atoms with Crippen LogP contribution in [0.25, 0.3) is 11.0 Å². The second-order valence-corrected chi connectivity index (χ2v) is 8.50. The van der Waals surface area contributed by atoms with Gasteiger partial charge in [0.25, 0.3) is 5.91 Å². The van der Waals surface area contributed by atoms with Crippen LogP contribution in [0.15, 0.2) is 82.5 Å². The highest BCUT2D eigenvalue weighted by Gasteiger charge is 2.45. The second kappa shape index (κ2) is 9.05. The lowest BCUT2D eigenvalue weighted by molar-refractivity contribution is -0.117. The summed E-state index contributed by atoms with van der Waals surface area (Å²) in [6.45, 7) is 0. The Bertz CT molecular complexity index is 1540. The third kappa shape index (κ3) is 3.85. The normalized spacial score (nSPS) is 15.6. The minimum absolute atomic E-state index is 0.125. The number of hydrogen-bond acceptors (Lipinski definition) is 6. The number of carbonyl (C=O) groups is 2. The summed E-state index contributed by atoms with van der Waals surface area (Å²) in [6, 6.07) is 15.6. The van der Waals surface area contributed by atoms with E-state index in [0.717, 1.165) is 6.07 Å². The molecule has 0 saturated carbocycles. The number of aliphatic hydroxyl groups is 1. The first kappa shape index (κ1) is 23.4. The van der Waals surface area contributed by atoms with Gasteiger partial charge in [0.2, 0.25) is 5.78 Å². The van der Waals surface area contributed by atoms with Crippen LogP contribution in [0.4, 0.5) is 10.1 Å². The van der Waals surface area contributed by atoms with Crippen molar-refractivity contribution in [2.75, 3.05) is 19.1 Å². The van der Waals surface area contributed by atoms with E-state index < -0.39 is 29.3 Å². The van der Waals surface area contributed by atoms with Crippen LogP contribution in [-0.2, 0) is 4.79 Å². The van der Waals surface area contributed by atoms with Crippen molar-refractivity contribution in [3.8, 4) is 11.5 Å². The van der Waals surface area contributed by atoms with Gasteiger partial charge in [0.05, 0.1) is 25.8 Å². The van der Waals surface area contributed by atoms with E-state index in [1.165, 1.54) is 43.4 Å². The van der Waals surface area contributed by atoms with Gasteiger partial charge in [0.1, 0.15) is 11.6 Å². The molecule has 4 aromatic rings. The average Bonchev–Trinajstić information content (AvgIpc) is 3.42. The number of aliphatic hydroxyl groups excluding tert-OH is 1. The van der Waals surface area contributed by atoms with E-state index in [4.69, 9.17) is 25.5 Å². The molecule has 5 rings (SSSR count). The number of methoxy groups -OCH3 is 2. The maximum Gasteiger partial charge on any atom is 0.294 e. The number of nitrogens with zero attached hydrogens (tertiary/aromatic N) is 1. The summed E-state index contributed by atoms with van der Waals surface area (Å²) in [5.41, 5.74) is 0.752. The molecule has 0 aliphatic carbocycles. The number of Topliss-reactive ketones (excluding diaryl/α,β-unsaturated/α-hetero) is 1. The number of anilines is 1. The summed E-state index contributed by atoms with van der Waals surface area (Å²) in [5.74, 6) is -2.13. The zero-order valence-corrected chi connectivity index (χ0v) is 19.9. The van der Waals surface area contributed by atoms with E-state index in [-0.39, 0.29) is 22.6 Å². The molecule has 1 atom stereocenters. The summed E-state index contributed by atoms with van der Waals surface area (Å²) < 4.78 is 30.4. The van der Waals surface area contributed by atoms with Crippen molar-refractivity contribution in [1.82, 2.24) is 0 Å². The molecule has 9 heteroatoms. The molecule has 182 valence electrons. The molecule has 0 saturated heterocycles. The highest BCUT2D eigenvalue weighted by atomic mass is 35.5. The van der Waals surface area contributed by atoms with Gasteiger partial charge in [-0.2, -0.15) is 0 Å². The highest BCUT2D eigenvalue weighted by Crippen LogP contribution is 2.43. The number of amides is 1. The lowest BCUT2D eigenvalue weighted by Crippen LogP contribution is -2.31. The molecule has 0 fully saturated rings. The predicted molar refractivity (Wildman–Crippen MR) is 131 cm³/mol. The van der Waals surface area contributed by atoms with Crippen LogP contribution < -0.4 is 14.4 Å². The van der Waals surface area contributed by atoms with Gasteiger partial charge in [0, 0.05) is 22.2 Å². The van der Waals surface area contributed by atoms with Crippen molar-refractivity contribution in [2.45, 2.75) is 6.04 Å². The Morgan fingerprint density at radius 2 is 1.81 bits per heavy atom.